The maximum absolute atomic E-state index is 12.9. The van der Waals surface area contributed by atoms with Gasteiger partial charge in [-0.2, -0.15) is 0 Å². The quantitative estimate of drug-likeness (QED) is 0.624. The smallest absolute Gasteiger partial charge is 0.241 e. The molecule has 1 spiro atoms. The van der Waals surface area contributed by atoms with Crippen molar-refractivity contribution in [3.05, 3.63) is 59.7 Å². The molecular weight excluding hydrogens is 479 g/mol. The third-order valence-electron chi connectivity index (χ3n) is 8.54. The van der Waals surface area contributed by atoms with E-state index in [1.807, 2.05) is 0 Å². The largest absolute Gasteiger partial charge is 0.341 e. The molecule has 2 aromatic rings. The first-order valence-electron chi connectivity index (χ1n) is 13.0. The second-order valence-corrected chi connectivity index (χ2v) is 10.3. The van der Waals surface area contributed by atoms with E-state index in [2.05, 4.69) is 68.5 Å². The Morgan fingerprint density at radius 1 is 0.829 bits per heavy atom. The summed E-state index contributed by atoms with van der Waals surface area (Å²) in [5.74, 6) is 0.298. The lowest BCUT2D eigenvalue weighted by atomic mass is 9.85. The number of carbonyl (C=O) groups excluding carboxylic acids is 1. The molecule has 7 heteroatoms. The highest BCUT2D eigenvalue weighted by molar-refractivity contribution is 5.89. The zero-order valence-corrected chi connectivity index (χ0v) is 22.1. The summed E-state index contributed by atoms with van der Waals surface area (Å²) in [4.78, 5) is 20.6. The van der Waals surface area contributed by atoms with Crippen LogP contribution in [0, 0.1) is 0 Å². The Bertz CT molecular complexity index is 976. The van der Waals surface area contributed by atoms with Crippen LogP contribution in [0.4, 0.5) is 11.4 Å². The van der Waals surface area contributed by atoms with Crippen molar-refractivity contribution in [2.45, 2.75) is 63.1 Å². The van der Waals surface area contributed by atoms with E-state index in [1.54, 1.807) is 0 Å². The number of hydrogen-bond acceptors (Lipinski definition) is 4. The van der Waals surface area contributed by atoms with Gasteiger partial charge >= 0.3 is 0 Å². The van der Waals surface area contributed by atoms with E-state index in [0.29, 0.717) is 12.1 Å². The fourth-order valence-corrected chi connectivity index (χ4v) is 6.73. The number of carbonyl (C=O) groups is 1. The highest BCUT2D eigenvalue weighted by atomic mass is 35.5. The summed E-state index contributed by atoms with van der Waals surface area (Å²) in [6.45, 7) is 5.27. The molecule has 0 saturated carbocycles. The lowest BCUT2D eigenvalue weighted by Crippen LogP contribution is -2.58. The van der Waals surface area contributed by atoms with Crippen molar-refractivity contribution in [3.63, 3.8) is 0 Å². The maximum atomic E-state index is 12.9. The van der Waals surface area contributed by atoms with Gasteiger partial charge in [-0.3, -0.25) is 9.69 Å². The summed E-state index contributed by atoms with van der Waals surface area (Å²) in [5.41, 5.74) is 5.43. The SMILES string of the molecule is Cl.Cl.O=C1N[C@H]2CCCCN2C12CCN(CCCN1c3ccccc3CCc3ccccc31)CC2. The van der Waals surface area contributed by atoms with Crippen LogP contribution in [0.25, 0.3) is 0 Å². The number of fused-ring (bicyclic) bond motifs is 4. The van der Waals surface area contributed by atoms with Crippen LogP contribution in [0.15, 0.2) is 48.5 Å². The third kappa shape index (κ3) is 4.81. The van der Waals surface area contributed by atoms with Gasteiger partial charge in [-0.1, -0.05) is 36.4 Å². The number of para-hydroxylation sites is 2. The van der Waals surface area contributed by atoms with Crippen molar-refractivity contribution in [2.24, 2.45) is 0 Å². The molecule has 0 aromatic heterocycles. The predicted molar refractivity (Wildman–Crippen MR) is 147 cm³/mol. The average Bonchev–Trinajstić information content (AvgIpc) is 3.02. The predicted octanol–water partition coefficient (Wildman–Crippen LogP) is 4.93. The molecule has 1 atom stereocenters. The van der Waals surface area contributed by atoms with Gasteiger partial charge in [0, 0.05) is 37.6 Å². The molecule has 4 heterocycles. The van der Waals surface area contributed by atoms with Crippen LogP contribution >= 0.6 is 24.8 Å². The summed E-state index contributed by atoms with van der Waals surface area (Å²) >= 11 is 0. The monoisotopic (exact) mass is 516 g/mol. The molecule has 1 N–H and O–H groups in total. The molecule has 190 valence electrons. The van der Waals surface area contributed by atoms with Crippen molar-refractivity contribution < 1.29 is 4.79 Å². The van der Waals surface area contributed by atoms with Crippen molar-refractivity contribution in [3.8, 4) is 0 Å². The normalized spacial score (nSPS) is 23.3. The van der Waals surface area contributed by atoms with E-state index in [-0.39, 0.29) is 30.4 Å². The number of hydrogen-bond donors (Lipinski definition) is 1. The van der Waals surface area contributed by atoms with Crippen LogP contribution in [-0.2, 0) is 17.6 Å². The Kier molecular flexibility index (Phi) is 8.32. The van der Waals surface area contributed by atoms with Crippen LogP contribution in [0.5, 0.6) is 0 Å². The van der Waals surface area contributed by atoms with Crippen molar-refractivity contribution in [1.29, 1.82) is 0 Å². The van der Waals surface area contributed by atoms with Crippen molar-refractivity contribution >= 4 is 42.1 Å². The average molecular weight is 518 g/mol. The molecule has 1 amide bonds. The molecule has 4 aliphatic heterocycles. The molecule has 0 bridgehead atoms. The van der Waals surface area contributed by atoms with Crippen LogP contribution in [0.1, 0.15) is 49.7 Å². The second kappa shape index (κ2) is 11.1. The summed E-state index contributed by atoms with van der Waals surface area (Å²) in [6.07, 6.45) is 9.19. The van der Waals surface area contributed by atoms with Gasteiger partial charge in [0.25, 0.3) is 0 Å². The Hall–Kier alpha value is -1.79. The molecule has 2 aromatic carbocycles. The fourth-order valence-electron chi connectivity index (χ4n) is 6.73. The number of anilines is 2. The second-order valence-electron chi connectivity index (χ2n) is 10.3. The first kappa shape index (κ1) is 26.3. The van der Waals surface area contributed by atoms with Gasteiger partial charge in [-0.05, 0) is 81.2 Å². The Labute approximate surface area is 222 Å². The number of benzene rings is 2. The summed E-state index contributed by atoms with van der Waals surface area (Å²) in [6, 6.07) is 17.8. The number of aryl methyl sites for hydroxylation is 2. The Balaban J connectivity index is 0.00000144. The molecule has 3 saturated heterocycles. The van der Waals surface area contributed by atoms with Gasteiger partial charge in [0.05, 0.1) is 6.17 Å². The number of nitrogens with zero attached hydrogens (tertiary/aromatic N) is 3. The third-order valence-corrected chi connectivity index (χ3v) is 8.54. The molecule has 35 heavy (non-hydrogen) atoms. The minimum absolute atomic E-state index is 0. The molecule has 0 aliphatic carbocycles. The van der Waals surface area contributed by atoms with Gasteiger partial charge in [-0.25, -0.2) is 0 Å². The molecular formula is C28H38Cl2N4O. The van der Waals surface area contributed by atoms with Gasteiger partial charge in [0.2, 0.25) is 5.91 Å². The molecule has 6 rings (SSSR count). The lowest BCUT2D eigenvalue weighted by molar-refractivity contribution is -0.129. The number of amides is 1. The first-order valence-corrected chi connectivity index (χ1v) is 13.0. The number of nitrogens with one attached hydrogen (secondary N) is 1. The summed E-state index contributed by atoms with van der Waals surface area (Å²) < 4.78 is 0. The van der Waals surface area contributed by atoms with Crippen LogP contribution in [0.2, 0.25) is 0 Å². The van der Waals surface area contributed by atoms with Crippen LogP contribution in [-0.4, -0.2) is 60.1 Å². The molecule has 4 aliphatic rings. The zero-order chi connectivity index (χ0) is 22.3. The Morgan fingerprint density at radius 2 is 1.46 bits per heavy atom. The van der Waals surface area contributed by atoms with Crippen molar-refractivity contribution in [2.75, 3.05) is 37.6 Å². The van der Waals surface area contributed by atoms with E-state index < -0.39 is 0 Å². The number of rotatable bonds is 4. The summed E-state index contributed by atoms with van der Waals surface area (Å²) in [7, 11) is 0. The van der Waals surface area contributed by atoms with Gasteiger partial charge in [0.1, 0.15) is 5.54 Å². The van der Waals surface area contributed by atoms with E-state index in [9.17, 15) is 4.79 Å². The molecule has 3 fully saturated rings. The van der Waals surface area contributed by atoms with Gasteiger partial charge in [-0.15, -0.1) is 24.8 Å². The highest BCUT2D eigenvalue weighted by Gasteiger charge is 2.54. The zero-order valence-electron chi connectivity index (χ0n) is 20.5. The van der Waals surface area contributed by atoms with E-state index in [4.69, 9.17) is 0 Å². The molecule has 0 unspecified atom stereocenters. The highest BCUT2D eigenvalue weighted by Crippen LogP contribution is 2.39. The Morgan fingerprint density at radius 3 is 2.11 bits per heavy atom. The topological polar surface area (TPSA) is 38.8 Å². The first-order chi connectivity index (χ1) is 16.2. The van der Waals surface area contributed by atoms with Crippen LogP contribution in [0.3, 0.4) is 0 Å². The van der Waals surface area contributed by atoms with Crippen molar-refractivity contribution in [1.82, 2.24) is 15.1 Å². The molecule has 5 nitrogen and oxygen atoms in total. The maximum Gasteiger partial charge on any atom is 0.241 e. The summed E-state index contributed by atoms with van der Waals surface area (Å²) in [5, 5.41) is 3.30. The minimum Gasteiger partial charge on any atom is -0.341 e. The minimum atomic E-state index is -0.232. The van der Waals surface area contributed by atoms with E-state index >= 15 is 0 Å². The standard InChI is InChI=1S/C28H36N4O.2ClH/c33-27-28(32-19-6-5-12-26(32)29-27)15-20-30(21-16-28)17-7-18-31-24-10-3-1-8-22(24)13-14-23-9-2-4-11-25(23)31;;/h1-4,8-11,26H,5-7,12-21H2,(H,29,33);2*1H/t26-;;/m1../s1. The van der Waals surface area contributed by atoms with E-state index in [1.165, 1.54) is 35.3 Å². The van der Waals surface area contributed by atoms with Gasteiger partial charge < -0.3 is 15.1 Å². The number of likely N-dealkylation sites (tertiary alicyclic amines) is 1. The van der Waals surface area contributed by atoms with Gasteiger partial charge in [0.15, 0.2) is 0 Å². The van der Waals surface area contributed by atoms with E-state index in [0.717, 1.165) is 71.2 Å². The van der Waals surface area contributed by atoms with Crippen LogP contribution < -0.4 is 10.2 Å². The fraction of sp³-hybridized carbons (Fsp3) is 0.536. The molecule has 0 radical (unpaired) electrons. The lowest BCUT2D eigenvalue weighted by Gasteiger charge is -2.45. The number of halogens is 2. The number of piperidine rings is 2.